The zero-order chi connectivity index (χ0) is 9.02. The number of carboxylic acid groups (broad SMARTS) is 1. The van der Waals surface area contributed by atoms with Crippen molar-refractivity contribution in [3.63, 3.8) is 0 Å². The standard InChI is InChI=1S/C5H11NO5/c6-3(5(10)11)4(9)2(8)1-7/h2-4,7-9H,1,6H2,(H,10,11)/t2-,3+,4+/m1/s1. The van der Waals surface area contributed by atoms with Gasteiger partial charge in [-0.15, -0.1) is 0 Å². The van der Waals surface area contributed by atoms with Crippen LogP contribution in [0.3, 0.4) is 0 Å². The Morgan fingerprint density at radius 1 is 1.45 bits per heavy atom. The van der Waals surface area contributed by atoms with Crippen molar-refractivity contribution in [2.45, 2.75) is 18.2 Å². The summed E-state index contributed by atoms with van der Waals surface area (Å²) in [7, 11) is 0. The predicted octanol–water partition coefficient (Wildman–Crippen LogP) is -2.89. The largest absolute Gasteiger partial charge is 0.480 e. The lowest BCUT2D eigenvalue weighted by molar-refractivity contribution is -0.144. The molecule has 0 radical (unpaired) electrons. The fourth-order valence-electron chi connectivity index (χ4n) is 0.493. The van der Waals surface area contributed by atoms with Crippen LogP contribution in [0.5, 0.6) is 0 Å². The first-order chi connectivity index (χ1) is 5.00. The first-order valence-corrected chi connectivity index (χ1v) is 2.96. The van der Waals surface area contributed by atoms with Gasteiger partial charge in [-0.25, -0.2) is 0 Å². The molecular weight excluding hydrogens is 154 g/mol. The fourth-order valence-corrected chi connectivity index (χ4v) is 0.493. The van der Waals surface area contributed by atoms with Crippen molar-refractivity contribution in [1.82, 2.24) is 0 Å². The minimum Gasteiger partial charge on any atom is -0.480 e. The van der Waals surface area contributed by atoms with Gasteiger partial charge in [0.2, 0.25) is 0 Å². The Hall–Kier alpha value is -0.690. The molecule has 0 saturated heterocycles. The maximum absolute atomic E-state index is 10.1. The minimum atomic E-state index is -1.64. The lowest BCUT2D eigenvalue weighted by atomic mass is 10.1. The molecule has 0 amide bonds. The van der Waals surface area contributed by atoms with E-state index in [1.165, 1.54) is 0 Å². The van der Waals surface area contributed by atoms with E-state index in [4.69, 9.17) is 26.2 Å². The first kappa shape index (κ1) is 10.3. The van der Waals surface area contributed by atoms with Crippen LogP contribution in [0, 0.1) is 0 Å². The Morgan fingerprint density at radius 2 is 1.91 bits per heavy atom. The third kappa shape index (κ3) is 2.81. The summed E-state index contributed by atoms with van der Waals surface area (Å²) in [6.45, 7) is -0.720. The van der Waals surface area contributed by atoms with Gasteiger partial charge in [-0.3, -0.25) is 4.79 Å². The molecule has 6 heteroatoms. The number of aliphatic hydroxyl groups is 3. The van der Waals surface area contributed by atoms with E-state index in [1.807, 2.05) is 0 Å². The summed E-state index contributed by atoms with van der Waals surface area (Å²) in [6, 6.07) is -1.57. The molecule has 6 nitrogen and oxygen atoms in total. The summed E-state index contributed by atoms with van der Waals surface area (Å²) >= 11 is 0. The Morgan fingerprint density at radius 3 is 2.18 bits per heavy atom. The quantitative estimate of drug-likeness (QED) is 0.304. The second-order valence-corrected chi connectivity index (χ2v) is 2.10. The van der Waals surface area contributed by atoms with Crippen LogP contribution in [0.4, 0.5) is 0 Å². The third-order valence-corrected chi connectivity index (χ3v) is 1.23. The van der Waals surface area contributed by atoms with Gasteiger partial charge in [0.05, 0.1) is 6.61 Å². The summed E-state index contributed by atoms with van der Waals surface area (Å²) in [5.74, 6) is -1.43. The Bertz CT molecular complexity index is 139. The van der Waals surface area contributed by atoms with Crippen LogP contribution in [-0.4, -0.2) is 51.3 Å². The predicted molar refractivity (Wildman–Crippen MR) is 34.7 cm³/mol. The fraction of sp³-hybridized carbons (Fsp3) is 0.800. The molecule has 0 aromatic carbocycles. The smallest absolute Gasteiger partial charge is 0.323 e. The summed E-state index contributed by atoms with van der Waals surface area (Å²) in [4.78, 5) is 10.1. The molecule has 0 heterocycles. The summed E-state index contributed by atoms with van der Waals surface area (Å²) in [6.07, 6.45) is -3.15. The van der Waals surface area contributed by atoms with E-state index in [1.54, 1.807) is 0 Å². The van der Waals surface area contributed by atoms with Gasteiger partial charge in [-0.05, 0) is 0 Å². The van der Waals surface area contributed by atoms with Gasteiger partial charge >= 0.3 is 5.97 Å². The molecule has 0 aromatic heterocycles. The van der Waals surface area contributed by atoms with Crippen molar-refractivity contribution in [2.75, 3.05) is 6.61 Å². The second-order valence-electron chi connectivity index (χ2n) is 2.10. The van der Waals surface area contributed by atoms with Crippen molar-refractivity contribution in [2.24, 2.45) is 5.73 Å². The number of carbonyl (C=O) groups is 1. The van der Waals surface area contributed by atoms with E-state index >= 15 is 0 Å². The van der Waals surface area contributed by atoms with Crippen molar-refractivity contribution in [1.29, 1.82) is 0 Å². The summed E-state index contributed by atoms with van der Waals surface area (Å²) in [5.41, 5.74) is 4.92. The highest BCUT2D eigenvalue weighted by Crippen LogP contribution is 1.97. The Kier molecular flexibility index (Phi) is 3.98. The van der Waals surface area contributed by atoms with E-state index in [2.05, 4.69) is 0 Å². The number of rotatable bonds is 4. The highest BCUT2D eigenvalue weighted by atomic mass is 16.4. The highest BCUT2D eigenvalue weighted by molar-refractivity contribution is 5.73. The van der Waals surface area contributed by atoms with Gasteiger partial charge in [-0.1, -0.05) is 0 Å². The molecule has 0 fully saturated rings. The van der Waals surface area contributed by atoms with Gasteiger partial charge in [0.25, 0.3) is 0 Å². The van der Waals surface area contributed by atoms with Crippen LogP contribution >= 0.6 is 0 Å². The lowest BCUT2D eigenvalue weighted by Gasteiger charge is -2.18. The Labute approximate surface area is 62.9 Å². The number of hydrogen-bond acceptors (Lipinski definition) is 5. The summed E-state index contributed by atoms with van der Waals surface area (Å²) in [5, 5.41) is 34.0. The van der Waals surface area contributed by atoms with Crippen LogP contribution in [-0.2, 0) is 4.79 Å². The molecule has 6 N–H and O–H groups in total. The maximum Gasteiger partial charge on any atom is 0.323 e. The third-order valence-electron chi connectivity index (χ3n) is 1.23. The molecule has 0 aliphatic carbocycles. The maximum atomic E-state index is 10.1. The van der Waals surface area contributed by atoms with Crippen LogP contribution in [0.25, 0.3) is 0 Å². The average Bonchev–Trinajstić information content (AvgIpc) is 2.00. The normalized spacial score (nSPS) is 18.9. The number of hydrogen-bond donors (Lipinski definition) is 5. The van der Waals surface area contributed by atoms with E-state index in [0.29, 0.717) is 0 Å². The monoisotopic (exact) mass is 165 g/mol. The number of aliphatic hydroxyl groups excluding tert-OH is 3. The van der Waals surface area contributed by atoms with Gasteiger partial charge in [0, 0.05) is 0 Å². The molecule has 66 valence electrons. The van der Waals surface area contributed by atoms with Crippen molar-refractivity contribution in [3.8, 4) is 0 Å². The lowest BCUT2D eigenvalue weighted by Crippen LogP contribution is -2.49. The van der Waals surface area contributed by atoms with Crippen molar-refractivity contribution >= 4 is 5.97 Å². The molecule has 0 aliphatic rings. The summed E-state index contributed by atoms with van der Waals surface area (Å²) < 4.78 is 0. The molecule has 0 unspecified atom stereocenters. The van der Waals surface area contributed by atoms with Crippen LogP contribution in [0.2, 0.25) is 0 Å². The SMILES string of the molecule is N[C@H](C(=O)O)[C@@H](O)[C@H](O)CO. The topological polar surface area (TPSA) is 124 Å². The van der Waals surface area contributed by atoms with Gasteiger partial charge in [0.1, 0.15) is 18.2 Å². The average molecular weight is 165 g/mol. The second kappa shape index (κ2) is 4.24. The van der Waals surface area contributed by atoms with Crippen LogP contribution in [0.1, 0.15) is 0 Å². The molecule has 3 atom stereocenters. The number of nitrogens with two attached hydrogens (primary N) is 1. The highest BCUT2D eigenvalue weighted by Gasteiger charge is 2.27. The van der Waals surface area contributed by atoms with Crippen molar-refractivity contribution in [3.05, 3.63) is 0 Å². The molecule has 0 rings (SSSR count). The van der Waals surface area contributed by atoms with Crippen molar-refractivity contribution < 1.29 is 25.2 Å². The molecule has 0 spiro atoms. The molecule has 0 aromatic rings. The van der Waals surface area contributed by atoms with Gasteiger partial charge < -0.3 is 26.2 Å². The molecule has 0 bridgehead atoms. The van der Waals surface area contributed by atoms with E-state index in [-0.39, 0.29) is 0 Å². The van der Waals surface area contributed by atoms with Gasteiger partial charge in [0.15, 0.2) is 0 Å². The van der Waals surface area contributed by atoms with E-state index in [0.717, 1.165) is 0 Å². The minimum absolute atomic E-state index is 0.720. The van der Waals surface area contributed by atoms with Crippen LogP contribution < -0.4 is 5.73 Å². The number of carboxylic acids is 1. The zero-order valence-corrected chi connectivity index (χ0v) is 5.71. The van der Waals surface area contributed by atoms with Crippen LogP contribution in [0.15, 0.2) is 0 Å². The number of aliphatic carboxylic acids is 1. The molecule has 11 heavy (non-hydrogen) atoms. The zero-order valence-electron chi connectivity index (χ0n) is 5.71. The molecule has 0 aliphatic heterocycles. The Balaban J connectivity index is 4.00. The van der Waals surface area contributed by atoms with Gasteiger partial charge in [-0.2, -0.15) is 0 Å². The first-order valence-electron chi connectivity index (χ1n) is 2.96. The van der Waals surface area contributed by atoms with E-state index < -0.39 is 30.8 Å². The molecule has 0 saturated carbocycles. The molecular formula is C5H11NO5. The van der Waals surface area contributed by atoms with E-state index in [9.17, 15) is 4.79 Å².